The lowest BCUT2D eigenvalue weighted by atomic mass is 10.2. The van der Waals surface area contributed by atoms with Crippen LogP contribution in [0, 0.1) is 5.82 Å². The largest absolute Gasteiger partial charge is 0.457 e. The van der Waals surface area contributed by atoms with Crippen molar-refractivity contribution < 1.29 is 9.13 Å². The summed E-state index contributed by atoms with van der Waals surface area (Å²) in [5.74, 6) is 1.05. The van der Waals surface area contributed by atoms with Gasteiger partial charge < -0.3 is 10.1 Å². The van der Waals surface area contributed by atoms with E-state index in [0.29, 0.717) is 23.1 Å². The Balaban J connectivity index is 2.20. The molecule has 19 heavy (non-hydrogen) atoms. The fourth-order valence-corrected chi connectivity index (χ4v) is 1.80. The van der Waals surface area contributed by atoms with Crippen molar-refractivity contribution in [1.82, 2.24) is 5.32 Å². The van der Waals surface area contributed by atoms with Crippen LogP contribution < -0.4 is 10.1 Å². The van der Waals surface area contributed by atoms with Crippen molar-refractivity contribution in [2.45, 2.75) is 13.5 Å². The zero-order valence-corrected chi connectivity index (χ0v) is 11.4. The van der Waals surface area contributed by atoms with Crippen molar-refractivity contribution in [3.05, 3.63) is 58.9 Å². The maximum Gasteiger partial charge on any atom is 0.132 e. The first kappa shape index (κ1) is 13.8. The van der Waals surface area contributed by atoms with E-state index < -0.39 is 0 Å². The van der Waals surface area contributed by atoms with Gasteiger partial charge in [-0.05, 0) is 49.0 Å². The Hall–Kier alpha value is -1.58. The molecule has 0 radical (unpaired) electrons. The lowest BCUT2D eigenvalue weighted by molar-refractivity contribution is 0.470. The van der Waals surface area contributed by atoms with Gasteiger partial charge in [0.15, 0.2) is 0 Å². The van der Waals surface area contributed by atoms with E-state index in [-0.39, 0.29) is 5.82 Å². The summed E-state index contributed by atoms with van der Waals surface area (Å²) in [6.07, 6.45) is 0. The average Bonchev–Trinajstić information content (AvgIpc) is 2.41. The van der Waals surface area contributed by atoms with Crippen molar-refractivity contribution >= 4 is 11.6 Å². The summed E-state index contributed by atoms with van der Waals surface area (Å²) < 4.78 is 19.0. The summed E-state index contributed by atoms with van der Waals surface area (Å²) in [6, 6.07) is 11.6. The van der Waals surface area contributed by atoms with Crippen LogP contribution >= 0.6 is 11.6 Å². The minimum absolute atomic E-state index is 0.267. The van der Waals surface area contributed by atoms with Crippen LogP contribution in [0.2, 0.25) is 5.02 Å². The molecular formula is C15H15ClFNO. The van der Waals surface area contributed by atoms with Gasteiger partial charge in [0, 0.05) is 17.1 Å². The molecule has 0 heterocycles. The summed E-state index contributed by atoms with van der Waals surface area (Å²) in [4.78, 5) is 0. The lowest BCUT2D eigenvalue weighted by Crippen LogP contribution is -2.12. The van der Waals surface area contributed by atoms with Crippen LogP contribution in [0.5, 0.6) is 11.5 Å². The fraction of sp³-hybridized carbons (Fsp3) is 0.200. The van der Waals surface area contributed by atoms with Gasteiger partial charge in [-0.15, -0.1) is 0 Å². The Morgan fingerprint density at radius 1 is 1.16 bits per heavy atom. The minimum Gasteiger partial charge on any atom is -0.457 e. The number of nitrogens with one attached hydrogen (secondary N) is 1. The zero-order chi connectivity index (χ0) is 13.7. The highest BCUT2D eigenvalue weighted by Crippen LogP contribution is 2.27. The fourth-order valence-electron chi connectivity index (χ4n) is 1.68. The number of ether oxygens (including phenoxy) is 1. The Morgan fingerprint density at radius 2 is 1.89 bits per heavy atom. The first-order valence-corrected chi connectivity index (χ1v) is 6.49. The number of hydrogen-bond acceptors (Lipinski definition) is 2. The number of halogens is 2. The molecule has 0 aliphatic rings. The van der Waals surface area contributed by atoms with E-state index >= 15 is 0 Å². The molecule has 1 N–H and O–H groups in total. The van der Waals surface area contributed by atoms with Gasteiger partial charge in [0.1, 0.15) is 17.3 Å². The van der Waals surface area contributed by atoms with Gasteiger partial charge in [0.2, 0.25) is 0 Å². The molecular weight excluding hydrogens is 265 g/mol. The maximum absolute atomic E-state index is 13.3. The minimum atomic E-state index is -0.267. The molecule has 0 fully saturated rings. The van der Waals surface area contributed by atoms with Crippen molar-refractivity contribution in [3.63, 3.8) is 0 Å². The topological polar surface area (TPSA) is 21.3 Å². The second-order valence-corrected chi connectivity index (χ2v) is 4.52. The van der Waals surface area contributed by atoms with E-state index in [0.717, 1.165) is 12.1 Å². The Kier molecular flexibility index (Phi) is 4.77. The van der Waals surface area contributed by atoms with Crippen molar-refractivity contribution in [2.24, 2.45) is 0 Å². The highest BCUT2D eigenvalue weighted by atomic mass is 35.5. The highest BCUT2D eigenvalue weighted by molar-refractivity contribution is 6.30. The normalized spacial score (nSPS) is 10.5. The van der Waals surface area contributed by atoms with Crippen molar-refractivity contribution in [3.8, 4) is 11.5 Å². The summed E-state index contributed by atoms with van der Waals surface area (Å²) in [7, 11) is 0. The highest BCUT2D eigenvalue weighted by Gasteiger charge is 2.06. The van der Waals surface area contributed by atoms with Gasteiger partial charge in [-0.25, -0.2) is 4.39 Å². The van der Waals surface area contributed by atoms with Crippen LogP contribution in [-0.4, -0.2) is 6.54 Å². The van der Waals surface area contributed by atoms with E-state index in [2.05, 4.69) is 5.32 Å². The SMILES string of the molecule is CCNCc1cc(F)ccc1Oc1ccc(Cl)cc1. The van der Waals surface area contributed by atoms with Crippen molar-refractivity contribution in [2.75, 3.05) is 6.54 Å². The Labute approximate surface area is 117 Å². The van der Waals surface area contributed by atoms with Crippen LogP contribution in [0.1, 0.15) is 12.5 Å². The molecule has 0 amide bonds. The van der Waals surface area contributed by atoms with E-state index in [1.165, 1.54) is 12.1 Å². The number of rotatable bonds is 5. The predicted molar refractivity (Wildman–Crippen MR) is 75.3 cm³/mol. The molecule has 2 aromatic carbocycles. The molecule has 0 aliphatic carbocycles. The van der Waals surface area contributed by atoms with E-state index in [1.807, 2.05) is 6.92 Å². The molecule has 100 valence electrons. The lowest BCUT2D eigenvalue weighted by Gasteiger charge is -2.11. The second kappa shape index (κ2) is 6.55. The Bertz CT molecular complexity index is 542. The molecule has 2 aromatic rings. The van der Waals surface area contributed by atoms with Crippen LogP contribution in [-0.2, 0) is 6.54 Å². The molecule has 0 spiro atoms. The van der Waals surface area contributed by atoms with Gasteiger partial charge in [0.25, 0.3) is 0 Å². The summed E-state index contributed by atoms with van der Waals surface area (Å²) >= 11 is 5.82. The van der Waals surface area contributed by atoms with E-state index in [4.69, 9.17) is 16.3 Å². The van der Waals surface area contributed by atoms with Crippen LogP contribution in [0.15, 0.2) is 42.5 Å². The summed E-state index contributed by atoms with van der Waals surface area (Å²) in [5, 5.41) is 3.81. The smallest absolute Gasteiger partial charge is 0.132 e. The summed E-state index contributed by atoms with van der Waals surface area (Å²) in [6.45, 7) is 3.38. The quantitative estimate of drug-likeness (QED) is 0.877. The molecule has 0 aromatic heterocycles. The van der Waals surface area contributed by atoms with Gasteiger partial charge in [-0.1, -0.05) is 18.5 Å². The van der Waals surface area contributed by atoms with Gasteiger partial charge >= 0.3 is 0 Å². The third-order valence-corrected chi connectivity index (χ3v) is 2.88. The van der Waals surface area contributed by atoms with Gasteiger partial charge in [0.05, 0.1) is 0 Å². The molecule has 0 saturated heterocycles. The third-order valence-electron chi connectivity index (χ3n) is 2.63. The van der Waals surface area contributed by atoms with Crippen molar-refractivity contribution in [1.29, 1.82) is 0 Å². The number of benzene rings is 2. The predicted octanol–water partition coefficient (Wildman–Crippen LogP) is 4.38. The molecule has 0 saturated carbocycles. The van der Waals surface area contributed by atoms with E-state index in [1.54, 1.807) is 30.3 Å². The molecule has 2 nitrogen and oxygen atoms in total. The molecule has 0 unspecified atom stereocenters. The van der Waals surface area contributed by atoms with Crippen LogP contribution in [0.25, 0.3) is 0 Å². The molecule has 0 aliphatic heterocycles. The first-order chi connectivity index (χ1) is 9.19. The molecule has 4 heteroatoms. The maximum atomic E-state index is 13.3. The monoisotopic (exact) mass is 279 g/mol. The third kappa shape index (κ3) is 3.94. The van der Waals surface area contributed by atoms with Crippen LogP contribution in [0.3, 0.4) is 0 Å². The Morgan fingerprint density at radius 3 is 2.58 bits per heavy atom. The zero-order valence-electron chi connectivity index (χ0n) is 10.6. The van der Waals surface area contributed by atoms with Crippen LogP contribution in [0.4, 0.5) is 4.39 Å². The standard InChI is InChI=1S/C15H15ClFNO/c1-2-18-10-11-9-13(17)5-8-15(11)19-14-6-3-12(16)4-7-14/h3-9,18H,2,10H2,1H3. The second-order valence-electron chi connectivity index (χ2n) is 4.09. The summed E-state index contributed by atoms with van der Waals surface area (Å²) in [5.41, 5.74) is 0.789. The van der Waals surface area contributed by atoms with Gasteiger partial charge in [-0.3, -0.25) is 0 Å². The first-order valence-electron chi connectivity index (χ1n) is 6.11. The van der Waals surface area contributed by atoms with E-state index in [9.17, 15) is 4.39 Å². The average molecular weight is 280 g/mol. The number of hydrogen-bond donors (Lipinski definition) is 1. The molecule has 2 rings (SSSR count). The molecule has 0 bridgehead atoms. The van der Waals surface area contributed by atoms with Gasteiger partial charge in [-0.2, -0.15) is 0 Å². The molecule has 0 atom stereocenters.